The molecule has 10 heteroatoms. The van der Waals surface area contributed by atoms with Gasteiger partial charge >= 0.3 is 11.8 Å². The van der Waals surface area contributed by atoms with E-state index in [4.69, 9.17) is 5.73 Å². The van der Waals surface area contributed by atoms with Gasteiger partial charge in [0.2, 0.25) is 0 Å². The molecule has 0 aliphatic rings. The summed E-state index contributed by atoms with van der Waals surface area (Å²) >= 11 is 12.6. The van der Waals surface area contributed by atoms with Gasteiger partial charge < -0.3 is 5.73 Å². The van der Waals surface area contributed by atoms with Crippen molar-refractivity contribution in [3.05, 3.63) is 53.8 Å². The van der Waals surface area contributed by atoms with Crippen molar-refractivity contribution in [1.82, 2.24) is 0 Å². The molecule has 126 valence electrons. The van der Waals surface area contributed by atoms with Gasteiger partial charge in [-0.05, 0) is 88.0 Å². The maximum atomic E-state index is 13.5. The summed E-state index contributed by atoms with van der Waals surface area (Å²) in [6, 6.07) is 4.47. The molecule has 0 saturated heterocycles. The van der Waals surface area contributed by atoms with Gasteiger partial charge in [-0.25, -0.2) is 8.78 Å². The van der Waals surface area contributed by atoms with E-state index in [-0.39, 0.29) is 29.3 Å². The SMILES string of the molecule is NC(=O)C(=O)N(c1c(Br)cc(F)cc1Br)c1c(Br)cc(F)cc1Br. The van der Waals surface area contributed by atoms with Crippen LogP contribution < -0.4 is 10.6 Å². The van der Waals surface area contributed by atoms with Crippen LogP contribution in [0.4, 0.5) is 20.2 Å². The van der Waals surface area contributed by atoms with Crippen molar-refractivity contribution in [3.8, 4) is 0 Å². The molecule has 0 aliphatic carbocycles. The third-order valence-electron chi connectivity index (χ3n) is 2.82. The average Bonchev–Trinajstić information content (AvgIpc) is 2.42. The number of carbonyl (C=O) groups is 2. The smallest absolute Gasteiger partial charge is 0.320 e. The first kappa shape index (κ1) is 19.5. The Kier molecular flexibility index (Phi) is 6.16. The van der Waals surface area contributed by atoms with Gasteiger partial charge in [0.1, 0.15) is 11.6 Å². The van der Waals surface area contributed by atoms with E-state index in [1.165, 1.54) is 0 Å². The van der Waals surface area contributed by atoms with Crippen LogP contribution in [0.25, 0.3) is 0 Å². The number of halogens is 6. The summed E-state index contributed by atoms with van der Waals surface area (Å²) in [6.07, 6.45) is 0. The highest BCUT2D eigenvalue weighted by atomic mass is 79.9. The Balaban J connectivity index is 2.83. The summed E-state index contributed by atoms with van der Waals surface area (Å²) in [5.41, 5.74) is 5.40. The molecule has 0 spiro atoms. The second-order valence-corrected chi connectivity index (χ2v) is 7.86. The third kappa shape index (κ3) is 3.87. The summed E-state index contributed by atoms with van der Waals surface area (Å²) in [6.45, 7) is 0. The third-order valence-corrected chi connectivity index (χ3v) is 5.24. The van der Waals surface area contributed by atoms with Crippen LogP contribution in [0.3, 0.4) is 0 Å². The van der Waals surface area contributed by atoms with Gasteiger partial charge in [-0.1, -0.05) is 0 Å². The minimum Gasteiger partial charge on any atom is -0.361 e. The summed E-state index contributed by atoms with van der Waals surface area (Å²) in [4.78, 5) is 24.8. The van der Waals surface area contributed by atoms with Gasteiger partial charge in [-0.3, -0.25) is 14.5 Å². The number of anilines is 2. The fourth-order valence-corrected chi connectivity index (χ4v) is 4.89. The van der Waals surface area contributed by atoms with Crippen LogP contribution in [0.1, 0.15) is 0 Å². The minimum atomic E-state index is -1.23. The first-order valence-electron chi connectivity index (χ1n) is 6.06. The first-order valence-corrected chi connectivity index (χ1v) is 9.23. The van der Waals surface area contributed by atoms with Crippen molar-refractivity contribution in [2.24, 2.45) is 5.73 Å². The van der Waals surface area contributed by atoms with Crippen molar-refractivity contribution in [3.63, 3.8) is 0 Å². The Hall–Kier alpha value is -0.840. The lowest BCUT2D eigenvalue weighted by atomic mass is 10.2. The van der Waals surface area contributed by atoms with Crippen LogP contribution >= 0.6 is 63.7 Å². The lowest BCUT2D eigenvalue weighted by Gasteiger charge is -2.26. The number of benzene rings is 2. The van der Waals surface area contributed by atoms with Crippen molar-refractivity contribution in [1.29, 1.82) is 0 Å². The molecule has 2 aromatic carbocycles. The predicted octanol–water partition coefficient (Wildman–Crippen LogP) is 5.16. The number of nitrogens with two attached hydrogens (primary N) is 1. The van der Waals surface area contributed by atoms with E-state index in [1.54, 1.807) is 0 Å². The van der Waals surface area contributed by atoms with E-state index in [0.717, 1.165) is 29.2 Å². The van der Waals surface area contributed by atoms with E-state index in [9.17, 15) is 18.4 Å². The van der Waals surface area contributed by atoms with Crippen LogP contribution in [-0.4, -0.2) is 11.8 Å². The molecule has 0 bridgehead atoms. The Bertz CT molecular complexity index is 757. The molecule has 0 radical (unpaired) electrons. The normalized spacial score (nSPS) is 10.6. The molecule has 2 rings (SSSR count). The molecular weight excluding hydrogens is 586 g/mol. The zero-order chi connectivity index (χ0) is 18.2. The predicted molar refractivity (Wildman–Crippen MR) is 99.9 cm³/mol. The van der Waals surface area contributed by atoms with E-state index in [0.29, 0.717) is 0 Å². The number of primary amides is 1. The molecule has 2 amide bonds. The maximum Gasteiger partial charge on any atom is 0.320 e. The van der Waals surface area contributed by atoms with Gasteiger partial charge in [0.15, 0.2) is 0 Å². The summed E-state index contributed by atoms with van der Waals surface area (Å²) in [7, 11) is 0. The zero-order valence-electron chi connectivity index (χ0n) is 11.4. The van der Waals surface area contributed by atoms with Crippen molar-refractivity contribution < 1.29 is 18.4 Å². The largest absolute Gasteiger partial charge is 0.361 e. The second kappa shape index (κ2) is 7.59. The number of carbonyl (C=O) groups excluding carboxylic acids is 2. The number of hydrogen-bond donors (Lipinski definition) is 1. The molecule has 0 unspecified atom stereocenters. The molecule has 4 nitrogen and oxygen atoms in total. The highest BCUT2D eigenvalue weighted by Crippen LogP contribution is 2.44. The van der Waals surface area contributed by atoms with Crippen molar-refractivity contribution in [2.75, 3.05) is 4.90 Å². The van der Waals surface area contributed by atoms with Gasteiger partial charge in [-0.2, -0.15) is 0 Å². The molecule has 0 aliphatic heterocycles. The lowest BCUT2D eigenvalue weighted by Crippen LogP contribution is -2.38. The Morgan fingerprint density at radius 2 is 1.08 bits per heavy atom. The van der Waals surface area contributed by atoms with Crippen LogP contribution in [0, 0.1) is 11.6 Å². The van der Waals surface area contributed by atoms with Gasteiger partial charge in [-0.15, -0.1) is 0 Å². The quantitative estimate of drug-likeness (QED) is 0.491. The lowest BCUT2D eigenvalue weighted by molar-refractivity contribution is -0.135. The fraction of sp³-hybridized carbons (Fsp3) is 0. The molecule has 0 aromatic heterocycles. The fourth-order valence-electron chi connectivity index (χ4n) is 1.92. The Labute approximate surface area is 168 Å². The van der Waals surface area contributed by atoms with E-state index >= 15 is 0 Å². The van der Waals surface area contributed by atoms with Gasteiger partial charge in [0, 0.05) is 17.9 Å². The van der Waals surface area contributed by atoms with Crippen molar-refractivity contribution >= 4 is 86.9 Å². The molecule has 24 heavy (non-hydrogen) atoms. The maximum absolute atomic E-state index is 13.5. The zero-order valence-corrected chi connectivity index (χ0v) is 17.8. The Morgan fingerprint density at radius 1 is 0.792 bits per heavy atom. The average molecular weight is 592 g/mol. The minimum absolute atomic E-state index is 0.133. The number of rotatable bonds is 2. The number of hydrogen-bond acceptors (Lipinski definition) is 2. The molecule has 0 atom stereocenters. The number of amides is 2. The molecule has 0 saturated carbocycles. The van der Waals surface area contributed by atoms with Crippen LogP contribution in [0.5, 0.6) is 0 Å². The highest BCUT2D eigenvalue weighted by Gasteiger charge is 2.30. The number of nitrogens with zero attached hydrogens (tertiary/aromatic N) is 1. The van der Waals surface area contributed by atoms with Crippen LogP contribution in [0.2, 0.25) is 0 Å². The van der Waals surface area contributed by atoms with E-state index < -0.39 is 23.4 Å². The standard InChI is InChI=1S/C14H6Br4F2N2O2/c15-7-1-5(19)2-8(16)11(7)22(14(24)13(21)23)12-9(17)3-6(20)4-10(12)18/h1-4H,(H2,21,23). The van der Waals surface area contributed by atoms with Gasteiger partial charge in [0.25, 0.3) is 0 Å². The van der Waals surface area contributed by atoms with Crippen LogP contribution in [-0.2, 0) is 9.59 Å². The molecular formula is C14H6Br4F2N2O2. The molecule has 2 N–H and O–H groups in total. The Morgan fingerprint density at radius 3 is 1.33 bits per heavy atom. The van der Waals surface area contributed by atoms with E-state index in [2.05, 4.69) is 63.7 Å². The summed E-state index contributed by atoms with van der Waals surface area (Å²) in [5, 5.41) is 0. The summed E-state index contributed by atoms with van der Waals surface area (Å²) < 4.78 is 27.8. The second-order valence-electron chi connectivity index (χ2n) is 4.44. The monoisotopic (exact) mass is 588 g/mol. The first-order chi connectivity index (χ1) is 11.1. The van der Waals surface area contributed by atoms with Crippen molar-refractivity contribution in [2.45, 2.75) is 0 Å². The summed E-state index contributed by atoms with van der Waals surface area (Å²) in [5.74, 6) is -3.46. The van der Waals surface area contributed by atoms with Crippen LogP contribution in [0.15, 0.2) is 42.2 Å². The molecule has 2 aromatic rings. The molecule has 0 heterocycles. The molecule has 0 fully saturated rings. The van der Waals surface area contributed by atoms with E-state index in [1.807, 2.05) is 0 Å². The van der Waals surface area contributed by atoms with Gasteiger partial charge in [0.05, 0.1) is 11.4 Å². The topological polar surface area (TPSA) is 63.4 Å². The highest BCUT2D eigenvalue weighted by molar-refractivity contribution is 9.11.